The fraction of sp³-hybridized carbons (Fsp3) is 0.889. The average molecular weight is 213 g/mol. The molecular weight excluding hydrogens is 194 g/mol. The first-order valence-electron chi connectivity index (χ1n) is 5.22. The van der Waals surface area contributed by atoms with Crippen molar-refractivity contribution in [3.05, 3.63) is 5.82 Å². The van der Waals surface area contributed by atoms with Crippen LogP contribution in [0.1, 0.15) is 31.6 Å². The molecule has 15 heavy (non-hydrogen) atoms. The molecule has 0 amide bonds. The predicted molar refractivity (Wildman–Crippen MR) is 56.4 cm³/mol. The highest BCUT2D eigenvalue weighted by Gasteiger charge is 2.11. The summed E-state index contributed by atoms with van der Waals surface area (Å²) in [6.45, 7) is 3.67. The Morgan fingerprint density at radius 1 is 1.47 bits per heavy atom. The maximum Gasteiger partial charge on any atom is 0.167 e. The lowest BCUT2D eigenvalue weighted by atomic mass is 10.3. The van der Waals surface area contributed by atoms with E-state index >= 15 is 0 Å². The Kier molecular flexibility index (Phi) is 5.20. The van der Waals surface area contributed by atoms with Gasteiger partial charge in [0.05, 0.1) is 6.04 Å². The Morgan fingerprint density at radius 3 is 2.93 bits per heavy atom. The molecule has 6 heteroatoms. The molecule has 0 spiro atoms. The maximum atomic E-state index is 4.99. The highest BCUT2D eigenvalue weighted by atomic mass is 16.5. The Hall–Kier alpha value is -1.01. The van der Waals surface area contributed by atoms with E-state index in [1.165, 1.54) is 0 Å². The Balaban J connectivity index is 2.43. The van der Waals surface area contributed by atoms with E-state index in [1.54, 1.807) is 7.11 Å². The first-order valence-corrected chi connectivity index (χ1v) is 5.22. The molecule has 1 atom stereocenters. The van der Waals surface area contributed by atoms with Crippen molar-refractivity contribution in [2.45, 2.75) is 32.4 Å². The topological polar surface area (TPSA) is 64.9 Å². The zero-order valence-corrected chi connectivity index (χ0v) is 9.60. The summed E-state index contributed by atoms with van der Waals surface area (Å²) in [5.41, 5.74) is 0. The van der Waals surface area contributed by atoms with Crippen LogP contribution < -0.4 is 5.32 Å². The van der Waals surface area contributed by atoms with Gasteiger partial charge in [0.2, 0.25) is 0 Å². The van der Waals surface area contributed by atoms with Crippen molar-refractivity contribution in [1.82, 2.24) is 25.5 Å². The van der Waals surface area contributed by atoms with Crippen LogP contribution >= 0.6 is 0 Å². The van der Waals surface area contributed by atoms with Crippen LogP contribution in [0.25, 0.3) is 0 Å². The van der Waals surface area contributed by atoms with E-state index in [2.05, 4.69) is 20.8 Å². The molecule has 1 aromatic heterocycles. The lowest BCUT2D eigenvalue weighted by Crippen LogP contribution is -2.18. The van der Waals surface area contributed by atoms with E-state index in [9.17, 15) is 0 Å². The van der Waals surface area contributed by atoms with E-state index in [4.69, 9.17) is 4.74 Å². The number of ether oxygens (including phenoxy) is 1. The molecule has 0 aliphatic carbocycles. The first kappa shape index (κ1) is 12.1. The summed E-state index contributed by atoms with van der Waals surface area (Å²) in [6.07, 6.45) is 2.06. The Labute approximate surface area is 90.0 Å². The number of nitrogens with one attached hydrogen (secondary N) is 1. The molecule has 0 aliphatic rings. The number of aromatic nitrogens is 4. The van der Waals surface area contributed by atoms with Crippen LogP contribution in [0.15, 0.2) is 0 Å². The van der Waals surface area contributed by atoms with Crippen LogP contribution in [0.5, 0.6) is 0 Å². The SMILES string of the molecule is CNC(C)c1nnnn1CCCCOC. The van der Waals surface area contributed by atoms with Gasteiger partial charge >= 0.3 is 0 Å². The first-order chi connectivity index (χ1) is 7.29. The predicted octanol–water partition coefficient (Wildman–Crippen LogP) is 0.380. The van der Waals surface area contributed by atoms with Crippen LogP contribution in [0.3, 0.4) is 0 Å². The molecule has 0 fully saturated rings. The van der Waals surface area contributed by atoms with Crippen molar-refractivity contribution in [3.63, 3.8) is 0 Å². The van der Waals surface area contributed by atoms with Crippen molar-refractivity contribution >= 4 is 0 Å². The molecule has 0 bridgehead atoms. The molecule has 86 valence electrons. The van der Waals surface area contributed by atoms with Crippen LogP contribution in [0.4, 0.5) is 0 Å². The molecule has 1 rings (SSSR count). The third kappa shape index (κ3) is 3.56. The standard InChI is InChI=1S/C9H19N5O/c1-8(10-2)9-11-12-13-14(9)6-4-5-7-15-3/h8,10H,4-7H2,1-3H3. The average Bonchev–Trinajstić information content (AvgIpc) is 2.71. The molecule has 1 N–H and O–H groups in total. The summed E-state index contributed by atoms with van der Waals surface area (Å²) < 4.78 is 6.83. The van der Waals surface area contributed by atoms with Gasteiger partial charge in [-0.25, -0.2) is 4.68 Å². The number of hydrogen-bond donors (Lipinski definition) is 1. The summed E-state index contributed by atoms with van der Waals surface area (Å²) in [5, 5.41) is 14.8. The van der Waals surface area contributed by atoms with E-state index in [-0.39, 0.29) is 6.04 Å². The van der Waals surface area contributed by atoms with Crippen LogP contribution in [0, 0.1) is 0 Å². The smallest absolute Gasteiger partial charge is 0.167 e. The molecule has 0 radical (unpaired) electrons. The second kappa shape index (κ2) is 6.47. The molecule has 0 saturated heterocycles. The van der Waals surface area contributed by atoms with Crippen molar-refractivity contribution < 1.29 is 4.74 Å². The third-order valence-corrected chi connectivity index (χ3v) is 2.35. The number of hydrogen-bond acceptors (Lipinski definition) is 5. The summed E-state index contributed by atoms with van der Waals surface area (Å²) in [7, 11) is 3.61. The van der Waals surface area contributed by atoms with E-state index in [1.807, 2.05) is 18.7 Å². The van der Waals surface area contributed by atoms with Crippen molar-refractivity contribution in [2.75, 3.05) is 20.8 Å². The minimum absolute atomic E-state index is 0.183. The van der Waals surface area contributed by atoms with Crippen molar-refractivity contribution in [3.8, 4) is 0 Å². The van der Waals surface area contributed by atoms with E-state index in [0.717, 1.165) is 31.8 Å². The lowest BCUT2D eigenvalue weighted by Gasteiger charge is -2.09. The van der Waals surface area contributed by atoms with Gasteiger partial charge in [-0.2, -0.15) is 0 Å². The van der Waals surface area contributed by atoms with Crippen LogP contribution in [-0.4, -0.2) is 41.0 Å². The lowest BCUT2D eigenvalue weighted by molar-refractivity contribution is 0.190. The molecule has 0 aromatic carbocycles. The number of tetrazole rings is 1. The number of methoxy groups -OCH3 is 1. The second-order valence-electron chi connectivity index (χ2n) is 3.47. The van der Waals surface area contributed by atoms with Crippen molar-refractivity contribution in [2.24, 2.45) is 0 Å². The molecule has 1 aromatic rings. The normalized spacial score (nSPS) is 13.0. The molecular formula is C9H19N5O. The molecule has 0 saturated carbocycles. The van der Waals surface area contributed by atoms with Crippen LogP contribution in [0.2, 0.25) is 0 Å². The summed E-state index contributed by atoms with van der Waals surface area (Å²) in [5.74, 6) is 0.884. The fourth-order valence-corrected chi connectivity index (χ4v) is 1.32. The quantitative estimate of drug-likeness (QED) is 0.663. The number of nitrogens with zero attached hydrogens (tertiary/aromatic N) is 4. The van der Waals surface area contributed by atoms with Gasteiger partial charge in [0.1, 0.15) is 0 Å². The van der Waals surface area contributed by atoms with E-state index in [0.29, 0.717) is 0 Å². The zero-order chi connectivity index (χ0) is 11.1. The Bertz CT molecular complexity index is 275. The minimum Gasteiger partial charge on any atom is -0.385 e. The summed E-state index contributed by atoms with van der Waals surface area (Å²) >= 11 is 0. The molecule has 1 unspecified atom stereocenters. The number of aryl methyl sites for hydroxylation is 1. The Morgan fingerprint density at radius 2 is 2.27 bits per heavy atom. The summed E-state index contributed by atoms with van der Waals surface area (Å²) in [4.78, 5) is 0. The number of unbranched alkanes of at least 4 members (excludes halogenated alkanes) is 1. The molecule has 1 heterocycles. The van der Waals surface area contributed by atoms with Gasteiger partial charge in [0.15, 0.2) is 5.82 Å². The highest BCUT2D eigenvalue weighted by molar-refractivity contribution is 4.88. The fourth-order valence-electron chi connectivity index (χ4n) is 1.32. The maximum absolute atomic E-state index is 4.99. The second-order valence-corrected chi connectivity index (χ2v) is 3.47. The van der Waals surface area contributed by atoms with Gasteiger partial charge < -0.3 is 10.1 Å². The van der Waals surface area contributed by atoms with Gasteiger partial charge in [0.25, 0.3) is 0 Å². The zero-order valence-electron chi connectivity index (χ0n) is 9.60. The highest BCUT2D eigenvalue weighted by Crippen LogP contribution is 2.07. The minimum atomic E-state index is 0.183. The van der Waals surface area contributed by atoms with Crippen molar-refractivity contribution in [1.29, 1.82) is 0 Å². The van der Waals surface area contributed by atoms with E-state index < -0.39 is 0 Å². The van der Waals surface area contributed by atoms with Crippen LogP contribution in [-0.2, 0) is 11.3 Å². The molecule has 6 nitrogen and oxygen atoms in total. The van der Waals surface area contributed by atoms with Gasteiger partial charge in [-0.3, -0.25) is 0 Å². The van der Waals surface area contributed by atoms with Gasteiger partial charge in [-0.05, 0) is 37.2 Å². The van der Waals surface area contributed by atoms with Gasteiger partial charge in [0, 0.05) is 20.3 Å². The van der Waals surface area contributed by atoms with Gasteiger partial charge in [-0.1, -0.05) is 0 Å². The van der Waals surface area contributed by atoms with Gasteiger partial charge in [-0.15, -0.1) is 5.10 Å². The largest absolute Gasteiger partial charge is 0.385 e. The molecule has 0 aliphatic heterocycles. The number of rotatable bonds is 7. The third-order valence-electron chi connectivity index (χ3n) is 2.35. The summed E-state index contributed by atoms with van der Waals surface area (Å²) in [6, 6.07) is 0.183. The monoisotopic (exact) mass is 213 g/mol.